The normalized spacial score (nSPS) is 14.2. The molecule has 4 N–H and O–H groups in total. The maximum Gasteiger partial charge on any atom is 0.312 e. The molecule has 0 heterocycles. The van der Waals surface area contributed by atoms with Crippen LogP contribution in [0.3, 0.4) is 0 Å². The zero-order chi connectivity index (χ0) is 57.5. The van der Waals surface area contributed by atoms with Gasteiger partial charge in [-0.2, -0.15) is 0 Å². The molecule has 436 valence electrons. The number of ether oxygens (including phenoxy) is 7. The second-order valence-electron chi connectivity index (χ2n) is 22.2. The van der Waals surface area contributed by atoms with Crippen LogP contribution in [-0.2, 0) is 73.3 Å². The van der Waals surface area contributed by atoms with Crippen LogP contribution in [0.1, 0.15) is 123 Å². The van der Waals surface area contributed by atoms with E-state index in [2.05, 4.69) is 52.6 Å². The summed E-state index contributed by atoms with van der Waals surface area (Å²) in [6.07, 6.45) is 0.956. The smallest absolute Gasteiger partial charge is 0.312 e. The second-order valence-corrected chi connectivity index (χ2v) is 22.2. The molecule has 0 aliphatic heterocycles. The highest BCUT2D eigenvalue weighted by Crippen LogP contribution is 2.36. The number of carboxylic acid groups (broad SMARTS) is 1. The minimum Gasteiger partial charge on any atom is -0.481 e. The van der Waals surface area contributed by atoms with Gasteiger partial charge < -0.3 is 58.3 Å². The summed E-state index contributed by atoms with van der Waals surface area (Å²) in [5.74, 6) is -8.66. The number of quaternary nitrogens is 3. The van der Waals surface area contributed by atoms with Crippen molar-refractivity contribution in [3.05, 3.63) is 35.4 Å². The van der Waals surface area contributed by atoms with Gasteiger partial charge in [-0.1, -0.05) is 45.0 Å². The van der Waals surface area contributed by atoms with E-state index in [1.165, 1.54) is 0 Å². The van der Waals surface area contributed by atoms with E-state index >= 15 is 4.79 Å². The quantitative estimate of drug-likeness (QED) is 0.0250. The Kier molecular flexibility index (Phi) is 32.5. The Morgan fingerprint density at radius 3 is 1.50 bits per heavy atom. The van der Waals surface area contributed by atoms with Crippen LogP contribution < -0.4 is 11.1 Å². The van der Waals surface area contributed by atoms with Crippen molar-refractivity contribution in [1.29, 1.82) is 0 Å². The second kappa shape index (κ2) is 35.6. The number of nitrogens with zero attached hydrogens (tertiary/aromatic N) is 3. The summed E-state index contributed by atoms with van der Waals surface area (Å²) >= 11 is 0. The minimum absolute atomic E-state index is 0.0513. The van der Waals surface area contributed by atoms with Gasteiger partial charge in [0.2, 0.25) is 18.5 Å². The molecule has 5 unspecified atom stereocenters. The number of carbonyl (C=O) groups is 7. The first kappa shape index (κ1) is 69.3. The number of benzene rings is 1. The summed E-state index contributed by atoms with van der Waals surface area (Å²) in [5.41, 5.74) is 6.12. The molecule has 0 aliphatic carbocycles. The molecule has 5 atom stereocenters. The number of carboxylic acids is 1. The van der Waals surface area contributed by atoms with Gasteiger partial charge in [-0.15, -0.1) is 0 Å². The SMILES string of the molecule is CCC[N+](C)(C)CC[N+](C)(C)Cc1ccc(C(CC(C)C(=O)OC[N+](C)(C)CC)CC(CC(CC(CC)C(N)=O)C(=O)O)C(=O)NC(COCCC(=O)OCC)(COCCC(=O)OCC)COCCC(=O)OCC)cc1. The average Bonchev–Trinajstić information content (AvgIpc) is 3.35. The Hall–Kier alpha value is -4.73. The van der Waals surface area contributed by atoms with Crippen LogP contribution >= 0.6 is 0 Å². The molecular weight excluding hydrogens is 983 g/mol. The van der Waals surface area contributed by atoms with Crippen molar-refractivity contribution in [2.24, 2.45) is 29.4 Å². The molecule has 1 aromatic rings. The Bertz CT molecular complexity index is 1850. The van der Waals surface area contributed by atoms with Crippen LogP contribution in [0.15, 0.2) is 24.3 Å². The molecule has 0 aliphatic rings. The topological polar surface area (TPSA) is 242 Å². The van der Waals surface area contributed by atoms with Crippen molar-refractivity contribution < 1.29 is 85.3 Å². The van der Waals surface area contributed by atoms with E-state index in [1.54, 1.807) is 34.6 Å². The summed E-state index contributed by atoms with van der Waals surface area (Å²) in [4.78, 5) is 92.1. The number of carbonyl (C=O) groups excluding carboxylic acids is 6. The molecular formula is C56H100N5O15+3. The maximum absolute atomic E-state index is 15.4. The molecule has 20 heteroatoms. The van der Waals surface area contributed by atoms with Crippen LogP contribution in [0.25, 0.3) is 0 Å². The van der Waals surface area contributed by atoms with Crippen LogP contribution in [0.5, 0.6) is 0 Å². The van der Waals surface area contributed by atoms with E-state index in [0.29, 0.717) is 4.48 Å². The predicted octanol–water partition coefficient (Wildman–Crippen LogP) is 5.22. The molecule has 0 bridgehead atoms. The van der Waals surface area contributed by atoms with Crippen molar-refractivity contribution in [2.45, 2.75) is 124 Å². The van der Waals surface area contributed by atoms with E-state index in [0.717, 1.165) is 59.2 Å². The van der Waals surface area contributed by atoms with Crippen LogP contribution in [-0.4, -0.2) is 200 Å². The number of likely N-dealkylation sites (N-methyl/N-ethyl adjacent to an activating group) is 2. The first-order valence-electron chi connectivity index (χ1n) is 27.5. The van der Waals surface area contributed by atoms with E-state index in [-0.39, 0.29) is 118 Å². The van der Waals surface area contributed by atoms with Crippen LogP contribution in [0.4, 0.5) is 0 Å². The summed E-state index contributed by atoms with van der Waals surface area (Å²) in [7, 11) is 12.8. The van der Waals surface area contributed by atoms with Gasteiger partial charge >= 0.3 is 29.8 Å². The lowest BCUT2D eigenvalue weighted by atomic mass is 9.77. The lowest BCUT2D eigenvalue weighted by Crippen LogP contribution is -2.60. The number of hydrogen-bond acceptors (Lipinski definition) is 14. The third kappa shape index (κ3) is 28.6. The van der Waals surface area contributed by atoms with Gasteiger partial charge in [0.05, 0.1) is 146 Å². The van der Waals surface area contributed by atoms with Gasteiger partial charge in [0.1, 0.15) is 25.2 Å². The Labute approximate surface area is 454 Å². The predicted molar refractivity (Wildman–Crippen MR) is 288 cm³/mol. The Morgan fingerprint density at radius 2 is 1.08 bits per heavy atom. The number of hydrogen-bond donors (Lipinski definition) is 3. The fraction of sp³-hybridized carbons (Fsp3) is 0.768. The number of nitrogens with one attached hydrogen (secondary N) is 1. The highest BCUT2D eigenvalue weighted by Gasteiger charge is 2.40. The van der Waals surface area contributed by atoms with Crippen LogP contribution in [0, 0.1) is 23.7 Å². The first-order valence-corrected chi connectivity index (χ1v) is 27.5. The first-order chi connectivity index (χ1) is 35.7. The molecule has 0 fully saturated rings. The fourth-order valence-electron chi connectivity index (χ4n) is 8.78. The molecule has 0 saturated carbocycles. The highest BCUT2D eigenvalue weighted by atomic mass is 16.6. The van der Waals surface area contributed by atoms with E-state index < -0.39 is 76.8 Å². The summed E-state index contributed by atoms with van der Waals surface area (Å²) in [6.45, 7) is 16.7. The molecule has 1 aromatic carbocycles. The third-order valence-electron chi connectivity index (χ3n) is 13.8. The van der Waals surface area contributed by atoms with Crippen molar-refractivity contribution in [1.82, 2.24) is 5.32 Å². The minimum atomic E-state index is -1.56. The zero-order valence-electron chi connectivity index (χ0n) is 48.7. The molecule has 2 amide bonds. The highest BCUT2D eigenvalue weighted by molar-refractivity contribution is 5.81. The molecule has 20 nitrogen and oxygen atoms in total. The lowest BCUT2D eigenvalue weighted by molar-refractivity contribution is -0.952. The fourth-order valence-corrected chi connectivity index (χ4v) is 8.78. The zero-order valence-corrected chi connectivity index (χ0v) is 48.7. The van der Waals surface area contributed by atoms with Crippen LogP contribution in [0.2, 0.25) is 0 Å². The molecule has 0 radical (unpaired) electrons. The average molecular weight is 1080 g/mol. The monoisotopic (exact) mass is 1080 g/mol. The van der Waals surface area contributed by atoms with Gasteiger partial charge in [-0.05, 0) is 77.7 Å². The lowest BCUT2D eigenvalue weighted by Gasteiger charge is -2.36. The number of rotatable bonds is 43. The summed E-state index contributed by atoms with van der Waals surface area (Å²) < 4.78 is 41.4. The van der Waals surface area contributed by atoms with Gasteiger partial charge in [-0.3, -0.25) is 38.0 Å². The largest absolute Gasteiger partial charge is 0.481 e. The van der Waals surface area contributed by atoms with Gasteiger partial charge in [0.25, 0.3) is 0 Å². The number of amides is 2. The standard InChI is InChI=1S/C56H97N5O15/c1-14-27-60(10,11)28-29-61(12,13)37-43-20-22-45(23-21-43)46(33-42(7)55(69)76-41-59(8,9)16-3)35-47(36-48(54(67)68)34-44(15-2)52(57)65)53(66)58-56(38-70-30-24-49(62)73-17-4,39-71-31-25-50(63)74-18-5)40-72-32-26-51(64)75-19-6/h20-23,42,44,46-48H,14-19,24-41H2,1-13H3,(H-3,57,58,65,66,67,68)/p+3. The van der Waals surface area contributed by atoms with Gasteiger partial charge in [0, 0.05) is 17.4 Å². The van der Waals surface area contributed by atoms with Gasteiger partial charge in [0.15, 0.2) is 0 Å². The van der Waals surface area contributed by atoms with Crippen molar-refractivity contribution in [3.8, 4) is 0 Å². The van der Waals surface area contributed by atoms with Crippen molar-refractivity contribution in [3.63, 3.8) is 0 Å². The van der Waals surface area contributed by atoms with E-state index in [9.17, 15) is 33.9 Å². The Morgan fingerprint density at radius 1 is 0.605 bits per heavy atom. The third-order valence-corrected chi connectivity index (χ3v) is 13.8. The summed E-state index contributed by atoms with van der Waals surface area (Å²) in [6, 6.07) is 8.14. The van der Waals surface area contributed by atoms with Gasteiger partial charge in [-0.25, -0.2) is 0 Å². The van der Waals surface area contributed by atoms with Crippen molar-refractivity contribution >= 4 is 41.7 Å². The van der Waals surface area contributed by atoms with Crippen molar-refractivity contribution in [2.75, 3.05) is 135 Å². The Balaban J connectivity index is 4.08. The number of esters is 4. The number of primary amides is 1. The molecule has 0 saturated heterocycles. The summed E-state index contributed by atoms with van der Waals surface area (Å²) in [5, 5.41) is 13.9. The number of aliphatic carboxylic acids is 1. The maximum atomic E-state index is 15.4. The molecule has 76 heavy (non-hydrogen) atoms. The van der Waals surface area contributed by atoms with E-state index in [4.69, 9.17) is 38.9 Å². The molecule has 0 spiro atoms. The number of nitrogens with two attached hydrogens (primary N) is 1. The van der Waals surface area contributed by atoms with E-state index in [1.807, 2.05) is 33.2 Å². The molecule has 0 aromatic heterocycles. The molecule has 1 rings (SSSR count).